The monoisotopic (exact) mass is 393 g/mol. The number of halogens is 2. The quantitative estimate of drug-likeness (QED) is 0.446. The average Bonchev–Trinajstić information content (AvgIpc) is 2.97. The molecule has 3 rings (SSSR count). The third-order valence-corrected chi connectivity index (χ3v) is 3.71. The first-order valence-electron chi connectivity index (χ1n) is 6.46. The molecule has 0 saturated heterocycles. The van der Waals surface area contributed by atoms with Gasteiger partial charge in [0, 0.05) is 0 Å². The maximum Gasteiger partial charge on any atom is 3.00 e. The van der Waals surface area contributed by atoms with Crippen LogP contribution in [0.1, 0.15) is 32.8 Å². The van der Waals surface area contributed by atoms with Gasteiger partial charge < -0.3 is 24.8 Å². The molecule has 0 aromatic heterocycles. The van der Waals surface area contributed by atoms with Gasteiger partial charge in [0.05, 0.1) is 0 Å². The Bertz CT molecular complexity index is 733. The minimum Gasteiger partial charge on any atom is -1.00 e. The second-order valence-electron chi connectivity index (χ2n) is 5.18. The van der Waals surface area contributed by atoms with Gasteiger partial charge in [-0.2, -0.15) is 0 Å². The van der Waals surface area contributed by atoms with Crippen molar-refractivity contribution in [1.29, 1.82) is 0 Å². The van der Waals surface area contributed by atoms with Crippen LogP contribution < -0.4 is 35.3 Å². The second kappa shape index (κ2) is 8.32. The molecule has 1 aromatic rings. The van der Waals surface area contributed by atoms with Crippen LogP contribution >= 0.6 is 0 Å². The Morgan fingerprint density at radius 2 is 1.86 bits per heavy atom. The first kappa shape index (κ1) is 20.6. The van der Waals surface area contributed by atoms with E-state index in [2.05, 4.69) is 63.3 Å². The standard InChI is InChI=1S/C18H17.2ClH.Zr/c1-12(2)16-10-6-9-15-11-17(13(3)18(15)16)14-7-4-5-8-14;;;/h4-7,9-10H,8H2,1-3H3;2*1H;/q-1;;;+3/p-2. The van der Waals surface area contributed by atoms with Gasteiger partial charge in [-0.15, -0.1) is 39.6 Å². The molecule has 2 aliphatic rings. The van der Waals surface area contributed by atoms with Crippen molar-refractivity contribution in [1.82, 2.24) is 0 Å². The molecule has 0 spiro atoms. The molecule has 0 aliphatic heterocycles. The third-order valence-electron chi connectivity index (χ3n) is 3.71. The summed E-state index contributed by atoms with van der Waals surface area (Å²) in [4.78, 5) is 0. The Morgan fingerprint density at radius 1 is 1.14 bits per heavy atom. The van der Waals surface area contributed by atoms with E-state index in [0.717, 1.165) is 6.42 Å². The maximum absolute atomic E-state index is 3.58. The van der Waals surface area contributed by atoms with Crippen LogP contribution in [-0.4, -0.2) is 0 Å². The molecule has 0 saturated carbocycles. The number of benzene rings is 1. The average molecular weight is 395 g/mol. The zero-order valence-electron chi connectivity index (χ0n) is 12.4. The van der Waals surface area contributed by atoms with Crippen LogP contribution in [0.2, 0.25) is 0 Å². The zero-order chi connectivity index (χ0) is 12.7. The summed E-state index contributed by atoms with van der Waals surface area (Å²) in [5.41, 5.74) is 6.67. The number of hydrogen-bond acceptors (Lipinski definition) is 0. The molecule has 21 heavy (non-hydrogen) atoms. The Labute approximate surface area is 158 Å². The minimum absolute atomic E-state index is 0. The van der Waals surface area contributed by atoms with Crippen molar-refractivity contribution in [2.75, 3.05) is 0 Å². The predicted molar refractivity (Wildman–Crippen MR) is 77.2 cm³/mol. The third kappa shape index (κ3) is 3.70. The van der Waals surface area contributed by atoms with Gasteiger partial charge >= 0.3 is 26.2 Å². The van der Waals surface area contributed by atoms with E-state index in [-0.39, 0.29) is 51.0 Å². The molecule has 0 heterocycles. The van der Waals surface area contributed by atoms with Crippen molar-refractivity contribution in [3.63, 3.8) is 0 Å². The molecule has 0 unspecified atom stereocenters. The molecule has 1 aromatic carbocycles. The van der Waals surface area contributed by atoms with Crippen LogP contribution in [0.3, 0.4) is 0 Å². The van der Waals surface area contributed by atoms with Crippen molar-refractivity contribution < 1.29 is 51.0 Å². The summed E-state index contributed by atoms with van der Waals surface area (Å²) in [7, 11) is 0. The van der Waals surface area contributed by atoms with Gasteiger partial charge in [0.2, 0.25) is 0 Å². The largest absolute Gasteiger partial charge is 3.00 e. The Kier molecular flexibility index (Phi) is 8.18. The molecule has 0 bridgehead atoms. The molecular weight excluding hydrogens is 378 g/mol. The van der Waals surface area contributed by atoms with Gasteiger partial charge in [-0.3, -0.25) is 0 Å². The summed E-state index contributed by atoms with van der Waals surface area (Å²) >= 11 is 0. The van der Waals surface area contributed by atoms with Crippen LogP contribution in [0, 0.1) is 6.08 Å². The van der Waals surface area contributed by atoms with E-state index in [1.165, 1.54) is 38.3 Å². The summed E-state index contributed by atoms with van der Waals surface area (Å²) < 4.78 is 0. The van der Waals surface area contributed by atoms with Crippen molar-refractivity contribution >= 4 is 11.1 Å². The van der Waals surface area contributed by atoms with Crippen molar-refractivity contribution in [3.05, 3.63) is 69.7 Å². The molecule has 3 heteroatoms. The summed E-state index contributed by atoms with van der Waals surface area (Å²) in [5.74, 6) is 0. The van der Waals surface area contributed by atoms with Crippen LogP contribution in [0.4, 0.5) is 0 Å². The fraction of sp³-hybridized carbons (Fsp3) is 0.222. The van der Waals surface area contributed by atoms with Gasteiger partial charge in [-0.05, 0) is 20.3 Å². The molecule has 0 fully saturated rings. The van der Waals surface area contributed by atoms with Gasteiger partial charge in [0.1, 0.15) is 0 Å². The summed E-state index contributed by atoms with van der Waals surface area (Å²) in [6, 6.07) is 6.51. The van der Waals surface area contributed by atoms with E-state index >= 15 is 0 Å². The molecule has 1 radical (unpaired) electrons. The van der Waals surface area contributed by atoms with Crippen molar-refractivity contribution in [2.24, 2.45) is 0 Å². The van der Waals surface area contributed by atoms with Crippen LogP contribution in [0.5, 0.6) is 0 Å². The molecule has 0 nitrogen and oxygen atoms in total. The van der Waals surface area contributed by atoms with Crippen molar-refractivity contribution in [3.8, 4) is 0 Å². The second-order valence-corrected chi connectivity index (χ2v) is 5.18. The van der Waals surface area contributed by atoms with Gasteiger partial charge in [0.15, 0.2) is 0 Å². The smallest absolute Gasteiger partial charge is 1.00 e. The molecule has 107 valence electrons. The summed E-state index contributed by atoms with van der Waals surface area (Å²) in [6.45, 7) is 6.58. The Balaban J connectivity index is 0.00000133. The number of allylic oxidation sites excluding steroid dienone is 5. The fourth-order valence-electron chi connectivity index (χ4n) is 2.78. The zero-order valence-corrected chi connectivity index (χ0v) is 16.4. The first-order valence-corrected chi connectivity index (χ1v) is 6.46. The normalized spacial score (nSPS) is 14.3. The van der Waals surface area contributed by atoms with E-state index < -0.39 is 0 Å². The van der Waals surface area contributed by atoms with Crippen LogP contribution in [-0.2, 0) is 26.2 Å². The topological polar surface area (TPSA) is 0 Å². The molecule has 0 N–H and O–H groups in total. The fourth-order valence-corrected chi connectivity index (χ4v) is 2.78. The van der Waals surface area contributed by atoms with Crippen molar-refractivity contribution in [2.45, 2.75) is 27.2 Å². The van der Waals surface area contributed by atoms with Crippen LogP contribution in [0.15, 0.2) is 47.6 Å². The van der Waals surface area contributed by atoms with E-state index in [4.69, 9.17) is 0 Å². The number of rotatable bonds is 1. The molecule has 0 atom stereocenters. The molecule has 2 aliphatic carbocycles. The van der Waals surface area contributed by atoms with Gasteiger partial charge in [-0.25, -0.2) is 0 Å². The van der Waals surface area contributed by atoms with Gasteiger partial charge in [-0.1, -0.05) is 48.1 Å². The predicted octanol–water partition coefficient (Wildman–Crippen LogP) is -2.97. The first-order chi connectivity index (χ1) is 8.68. The van der Waals surface area contributed by atoms with E-state index in [9.17, 15) is 0 Å². The Hall–Kier alpha value is -0.357. The SMILES string of the molecule is CC(C)=c1cccc2c1=C(C)C(C1=CC=CC1)=[C-]2.[Cl-].[Cl-].[Zr+3]. The summed E-state index contributed by atoms with van der Waals surface area (Å²) in [6.07, 6.45) is 11.2. The Morgan fingerprint density at radius 3 is 2.43 bits per heavy atom. The summed E-state index contributed by atoms with van der Waals surface area (Å²) in [5, 5.41) is 2.74. The van der Waals surface area contributed by atoms with Gasteiger partial charge in [0.25, 0.3) is 0 Å². The number of fused-ring (bicyclic) bond motifs is 1. The van der Waals surface area contributed by atoms with E-state index in [1.807, 2.05) is 0 Å². The van der Waals surface area contributed by atoms with E-state index in [1.54, 1.807) is 0 Å². The molecule has 0 amide bonds. The van der Waals surface area contributed by atoms with E-state index in [0.29, 0.717) is 0 Å². The molecular formula is C18H17Cl2Zr. The van der Waals surface area contributed by atoms with Crippen LogP contribution in [0.25, 0.3) is 11.1 Å². The minimum atomic E-state index is 0. The number of hydrogen-bond donors (Lipinski definition) is 0. The maximum atomic E-state index is 3.58.